The van der Waals surface area contributed by atoms with Crippen LogP contribution in [0.4, 0.5) is 4.79 Å². The number of fused-ring (bicyclic) bond motifs is 3. The molecule has 310 valence electrons. The van der Waals surface area contributed by atoms with Gasteiger partial charge in [-0.3, -0.25) is 14.4 Å². The summed E-state index contributed by atoms with van der Waals surface area (Å²) in [6, 6.07) is 12.9. The maximum atomic E-state index is 13.6. The first kappa shape index (κ1) is 39.7. The number of carbonyl (C=O) groups is 4. The second kappa shape index (κ2) is 16.2. The molecule has 16 nitrogen and oxygen atoms in total. The van der Waals surface area contributed by atoms with Crippen LogP contribution < -0.4 is 10.6 Å². The Hall–Kier alpha value is -6.16. The lowest BCUT2D eigenvalue weighted by Crippen LogP contribution is -2.51. The van der Waals surface area contributed by atoms with Crippen molar-refractivity contribution in [2.24, 2.45) is 11.8 Å². The molecule has 0 radical (unpaired) electrons. The van der Waals surface area contributed by atoms with Gasteiger partial charge in [-0.25, -0.2) is 14.8 Å². The number of nitrogens with one attached hydrogen (secondary N) is 6. The molecule has 4 amide bonds. The van der Waals surface area contributed by atoms with Crippen LogP contribution in [-0.2, 0) is 25.5 Å². The number of alkyl carbamates (subject to hydrolysis) is 1. The standard InChI is InChI=1S/C43H52N10O6/c1-22(2)37(50-36(55)21-54)41(56)53-13-7-9-35(53)40-47-28-11-10-24(15-31(28)48-40)14-27-17-25-16-26-18-32(46-30(26)19-29(25)45-27)33-20-44-39(49-33)34-8-6-12-52(34)42(57)38(23(3)4)51-43(58)59-5/h10-11,15-20,22-23,34-35,37-38,45-46,54H,6-9,12-14,21H2,1-5H3,(H,44,49)(H,47,48)(H,50,55)(H,51,58). The molecule has 0 spiro atoms. The predicted octanol–water partition coefficient (Wildman–Crippen LogP) is 5.35. The van der Waals surface area contributed by atoms with Crippen LogP contribution in [0.15, 0.2) is 48.7 Å². The fourth-order valence-electron chi connectivity index (χ4n) is 8.69. The molecule has 59 heavy (non-hydrogen) atoms. The van der Waals surface area contributed by atoms with Crippen LogP contribution in [0.1, 0.15) is 88.4 Å². The third-order valence-corrected chi connectivity index (χ3v) is 11.7. The first-order valence-corrected chi connectivity index (χ1v) is 20.4. The minimum atomic E-state index is -0.723. The number of likely N-dealkylation sites (tertiary alicyclic amines) is 2. The van der Waals surface area contributed by atoms with E-state index >= 15 is 0 Å². The number of hydrogen-bond donors (Lipinski definition) is 7. The molecule has 2 aliphatic rings. The normalized spacial score (nSPS) is 18.1. The summed E-state index contributed by atoms with van der Waals surface area (Å²) < 4.78 is 4.77. The molecule has 4 aromatic heterocycles. The van der Waals surface area contributed by atoms with Crippen LogP contribution in [-0.4, -0.2) is 108 Å². The lowest BCUT2D eigenvalue weighted by molar-refractivity contribution is -0.139. The maximum absolute atomic E-state index is 13.6. The van der Waals surface area contributed by atoms with Gasteiger partial charge in [-0.15, -0.1) is 0 Å². The molecule has 8 rings (SSSR count). The van der Waals surface area contributed by atoms with E-state index in [1.807, 2.05) is 38.7 Å². The molecule has 2 saturated heterocycles. The summed E-state index contributed by atoms with van der Waals surface area (Å²) >= 11 is 0. The molecule has 7 N–H and O–H groups in total. The number of nitrogens with zero attached hydrogens (tertiary/aromatic N) is 4. The second-order valence-electron chi connectivity index (χ2n) is 16.5. The molecule has 0 saturated carbocycles. The number of ether oxygens (including phenoxy) is 1. The molecule has 4 unspecified atom stereocenters. The van der Waals surface area contributed by atoms with Crippen molar-refractivity contribution in [1.29, 1.82) is 0 Å². The summed E-state index contributed by atoms with van der Waals surface area (Å²) in [5.74, 6) is 0.314. The van der Waals surface area contributed by atoms with Gasteiger partial charge < -0.3 is 50.2 Å². The van der Waals surface area contributed by atoms with Gasteiger partial charge in [-0.2, -0.15) is 0 Å². The fourth-order valence-corrected chi connectivity index (χ4v) is 8.69. The number of benzene rings is 2. The highest BCUT2D eigenvalue weighted by Crippen LogP contribution is 2.35. The number of H-pyrrole nitrogens is 4. The van der Waals surface area contributed by atoms with Gasteiger partial charge in [0.05, 0.1) is 47.8 Å². The Balaban J connectivity index is 0.959. The average Bonchev–Trinajstić information content (AvgIpc) is 4.07. The number of amides is 4. The molecule has 0 aliphatic carbocycles. The van der Waals surface area contributed by atoms with Gasteiger partial charge in [-0.1, -0.05) is 33.8 Å². The average molecular weight is 805 g/mol. The second-order valence-corrected chi connectivity index (χ2v) is 16.5. The van der Waals surface area contributed by atoms with E-state index in [4.69, 9.17) is 14.7 Å². The monoisotopic (exact) mass is 804 g/mol. The highest BCUT2D eigenvalue weighted by atomic mass is 16.5. The number of aromatic nitrogens is 6. The first-order chi connectivity index (χ1) is 28.4. The van der Waals surface area contributed by atoms with Gasteiger partial charge in [0.25, 0.3) is 0 Å². The van der Waals surface area contributed by atoms with Crippen LogP contribution in [0.2, 0.25) is 0 Å². The molecule has 0 bridgehead atoms. The van der Waals surface area contributed by atoms with E-state index in [1.54, 1.807) is 11.1 Å². The summed E-state index contributed by atoms with van der Waals surface area (Å²) in [5, 5.41) is 16.8. The summed E-state index contributed by atoms with van der Waals surface area (Å²) in [6.45, 7) is 8.06. The number of rotatable bonds is 12. The van der Waals surface area contributed by atoms with E-state index in [9.17, 15) is 24.3 Å². The van der Waals surface area contributed by atoms with Crippen LogP contribution in [0.3, 0.4) is 0 Å². The summed E-state index contributed by atoms with van der Waals surface area (Å²) in [6.07, 6.45) is 5.06. The SMILES string of the molecule is COC(=O)NC(C(=O)N1CCCC1c1ncc(-c2cc3cc4cc(Cc5ccc6nc(C7CCCN7C(=O)C(NC(=O)CO)C(C)C)[nH]c6c5)[nH]c4cc3[nH]2)[nH]1)C(C)C. The van der Waals surface area contributed by atoms with Gasteiger partial charge in [0.2, 0.25) is 17.7 Å². The topological polar surface area (TPSA) is 217 Å². The van der Waals surface area contributed by atoms with Crippen LogP contribution in [0.5, 0.6) is 0 Å². The van der Waals surface area contributed by atoms with Gasteiger partial charge in [0, 0.05) is 47.0 Å². The molecular formula is C43H52N10O6. The molecule has 6 heterocycles. The highest BCUT2D eigenvalue weighted by molar-refractivity contribution is 5.98. The van der Waals surface area contributed by atoms with Gasteiger partial charge in [0.1, 0.15) is 30.3 Å². The van der Waals surface area contributed by atoms with E-state index in [-0.39, 0.29) is 35.7 Å². The molecule has 2 aliphatic heterocycles. The zero-order valence-electron chi connectivity index (χ0n) is 34.0. The number of methoxy groups -OCH3 is 1. The first-order valence-electron chi connectivity index (χ1n) is 20.4. The predicted molar refractivity (Wildman–Crippen MR) is 222 cm³/mol. The van der Waals surface area contributed by atoms with Crippen LogP contribution in [0, 0.1) is 11.8 Å². The molecule has 4 atom stereocenters. The van der Waals surface area contributed by atoms with Crippen molar-refractivity contribution in [2.45, 2.75) is 84.0 Å². The zero-order chi connectivity index (χ0) is 41.5. The number of aromatic amines is 4. The van der Waals surface area contributed by atoms with Crippen molar-refractivity contribution >= 4 is 56.7 Å². The Morgan fingerprint density at radius 2 is 1.44 bits per heavy atom. The minimum absolute atomic E-state index is 0.112. The number of hydrogen-bond acceptors (Lipinski definition) is 8. The summed E-state index contributed by atoms with van der Waals surface area (Å²) in [4.78, 5) is 78.4. The Morgan fingerprint density at radius 3 is 2.12 bits per heavy atom. The Bertz CT molecular complexity index is 2480. The van der Waals surface area contributed by atoms with E-state index in [1.165, 1.54) is 7.11 Å². The Morgan fingerprint density at radius 1 is 0.780 bits per heavy atom. The number of carbonyl (C=O) groups excluding carboxylic acids is 4. The quantitative estimate of drug-likeness (QED) is 0.0854. The third-order valence-electron chi connectivity index (χ3n) is 11.7. The molecule has 2 fully saturated rings. The van der Waals surface area contributed by atoms with E-state index in [2.05, 4.69) is 67.0 Å². The minimum Gasteiger partial charge on any atom is -0.453 e. The van der Waals surface area contributed by atoms with Gasteiger partial charge >= 0.3 is 6.09 Å². The third kappa shape index (κ3) is 7.88. The smallest absolute Gasteiger partial charge is 0.407 e. The lowest BCUT2D eigenvalue weighted by Gasteiger charge is -2.30. The van der Waals surface area contributed by atoms with Gasteiger partial charge in [0.15, 0.2) is 0 Å². The van der Waals surface area contributed by atoms with Crippen molar-refractivity contribution in [3.63, 3.8) is 0 Å². The fraction of sp³-hybridized carbons (Fsp3) is 0.442. The van der Waals surface area contributed by atoms with E-state index in [0.29, 0.717) is 25.3 Å². The van der Waals surface area contributed by atoms with Crippen LogP contribution in [0.25, 0.3) is 44.2 Å². The van der Waals surface area contributed by atoms with Crippen molar-refractivity contribution in [1.82, 2.24) is 50.3 Å². The van der Waals surface area contributed by atoms with Crippen molar-refractivity contribution < 1.29 is 29.0 Å². The summed E-state index contributed by atoms with van der Waals surface area (Å²) in [5.41, 5.74) is 7.60. The van der Waals surface area contributed by atoms with Crippen molar-refractivity contribution in [2.75, 3.05) is 26.8 Å². The van der Waals surface area contributed by atoms with E-state index in [0.717, 1.165) is 87.0 Å². The summed E-state index contributed by atoms with van der Waals surface area (Å²) in [7, 11) is 1.29. The zero-order valence-corrected chi connectivity index (χ0v) is 34.0. The molecule has 2 aromatic carbocycles. The van der Waals surface area contributed by atoms with Crippen LogP contribution >= 0.6 is 0 Å². The largest absolute Gasteiger partial charge is 0.453 e. The maximum Gasteiger partial charge on any atom is 0.407 e. The Kier molecular flexibility index (Phi) is 10.9. The lowest BCUT2D eigenvalue weighted by atomic mass is 10.0. The van der Waals surface area contributed by atoms with E-state index < -0.39 is 30.7 Å². The number of aliphatic hydroxyl groups is 1. The molecule has 6 aromatic rings. The highest BCUT2D eigenvalue weighted by Gasteiger charge is 2.39. The van der Waals surface area contributed by atoms with Crippen molar-refractivity contribution in [3.05, 3.63) is 71.6 Å². The van der Waals surface area contributed by atoms with Crippen molar-refractivity contribution in [3.8, 4) is 11.4 Å². The molecular weight excluding hydrogens is 753 g/mol. The Labute approximate surface area is 340 Å². The van der Waals surface area contributed by atoms with Gasteiger partial charge in [-0.05, 0) is 79.5 Å². The number of imidazole rings is 2. The number of aliphatic hydroxyl groups excluding tert-OH is 1. The molecule has 16 heteroatoms.